The summed E-state index contributed by atoms with van der Waals surface area (Å²) in [5, 5.41) is 2.92. The van der Waals surface area contributed by atoms with E-state index in [1.54, 1.807) is 55.6 Å². The third-order valence-corrected chi connectivity index (χ3v) is 4.69. The van der Waals surface area contributed by atoms with E-state index in [-0.39, 0.29) is 30.2 Å². The number of carbonyl (C=O) groups excluding carboxylic acids is 4. The number of fused-ring (bicyclic) bond motifs is 2. The van der Waals surface area contributed by atoms with Crippen LogP contribution in [0, 0.1) is 0 Å². The standard InChI is InChI=1S/C11H12N2O2.C10H10N2O2.O2S/c1-12-6-7-13-10(14)8-4-2-3-5-9(8)11(13)15;11-5-6-12-9(13)7-3-1-2-4-8(7)10(12)14;1-3-2/h2-5,12H,6-7H2,1H3;1-4H,5-6,11H2;. The van der Waals surface area contributed by atoms with Crippen LogP contribution in [0.1, 0.15) is 41.4 Å². The molecule has 4 amide bonds. The molecule has 0 aliphatic carbocycles. The summed E-state index contributed by atoms with van der Waals surface area (Å²) in [4.78, 5) is 49.3. The number of hydrogen-bond donors (Lipinski definition) is 2. The van der Waals surface area contributed by atoms with E-state index in [4.69, 9.17) is 14.2 Å². The first kappa shape index (κ1) is 24.7. The van der Waals surface area contributed by atoms with Crippen molar-refractivity contribution in [3.63, 3.8) is 0 Å². The SMILES string of the molecule is CNCCN1C(=O)c2ccccc2C1=O.NCCN1C(=O)c2ccccc2C1=O.O=S=O. The van der Waals surface area contributed by atoms with E-state index < -0.39 is 11.6 Å². The molecule has 0 atom stereocenters. The first-order valence-electron chi connectivity index (χ1n) is 9.59. The summed E-state index contributed by atoms with van der Waals surface area (Å²) in [6.45, 7) is 1.62. The van der Waals surface area contributed by atoms with Gasteiger partial charge >= 0.3 is 11.6 Å². The smallest absolute Gasteiger partial charge is 0.329 e. The highest BCUT2D eigenvalue weighted by molar-refractivity contribution is 7.51. The first-order chi connectivity index (χ1) is 15.4. The van der Waals surface area contributed by atoms with Gasteiger partial charge in [-0.25, -0.2) is 0 Å². The molecule has 0 saturated carbocycles. The number of amides is 4. The lowest BCUT2D eigenvalue weighted by Crippen LogP contribution is -2.35. The lowest BCUT2D eigenvalue weighted by Gasteiger charge is -2.12. The van der Waals surface area contributed by atoms with Crippen molar-refractivity contribution in [3.8, 4) is 0 Å². The predicted octanol–water partition coefficient (Wildman–Crippen LogP) is 0.0731. The summed E-state index contributed by atoms with van der Waals surface area (Å²) in [5.41, 5.74) is 7.30. The number of nitrogens with zero attached hydrogens (tertiary/aromatic N) is 2. The summed E-state index contributed by atoms with van der Waals surface area (Å²) >= 11 is -0.750. The average Bonchev–Trinajstić information content (AvgIpc) is 3.19. The van der Waals surface area contributed by atoms with Gasteiger partial charge in [-0.05, 0) is 31.3 Å². The summed E-state index contributed by atoms with van der Waals surface area (Å²) < 4.78 is 16.6. The van der Waals surface area contributed by atoms with Crippen molar-refractivity contribution >= 4 is 35.2 Å². The minimum atomic E-state index is -0.750. The lowest BCUT2D eigenvalue weighted by molar-refractivity contribution is 0.0642. The molecular formula is C21H22N4O6S. The van der Waals surface area contributed by atoms with E-state index in [1.165, 1.54) is 9.80 Å². The Morgan fingerprint density at radius 3 is 1.31 bits per heavy atom. The maximum Gasteiger partial charge on any atom is 0.335 e. The molecule has 0 radical (unpaired) electrons. The van der Waals surface area contributed by atoms with Crippen molar-refractivity contribution < 1.29 is 27.6 Å². The van der Waals surface area contributed by atoms with Gasteiger partial charge in [0.25, 0.3) is 23.6 Å². The highest BCUT2D eigenvalue weighted by Gasteiger charge is 2.35. The molecule has 0 spiro atoms. The topological polar surface area (TPSA) is 147 Å². The number of imide groups is 2. The number of benzene rings is 2. The Morgan fingerprint density at radius 2 is 1.03 bits per heavy atom. The molecule has 10 nitrogen and oxygen atoms in total. The van der Waals surface area contributed by atoms with Gasteiger partial charge in [0.2, 0.25) is 0 Å². The van der Waals surface area contributed by atoms with Crippen LogP contribution in [0.15, 0.2) is 48.5 Å². The van der Waals surface area contributed by atoms with Crippen molar-refractivity contribution in [2.24, 2.45) is 5.73 Å². The minimum absolute atomic E-state index is 0.189. The van der Waals surface area contributed by atoms with Gasteiger partial charge in [0.15, 0.2) is 0 Å². The molecule has 2 aromatic rings. The molecule has 3 N–H and O–H groups in total. The van der Waals surface area contributed by atoms with Crippen LogP contribution in [0.4, 0.5) is 0 Å². The maximum atomic E-state index is 11.8. The Hall–Kier alpha value is -3.54. The van der Waals surface area contributed by atoms with Crippen LogP contribution in [0.2, 0.25) is 0 Å². The van der Waals surface area contributed by atoms with Gasteiger partial charge in [-0.3, -0.25) is 29.0 Å². The van der Waals surface area contributed by atoms with E-state index >= 15 is 0 Å². The van der Waals surface area contributed by atoms with Crippen LogP contribution >= 0.6 is 0 Å². The van der Waals surface area contributed by atoms with Gasteiger partial charge in [-0.15, -0.1) is 0 Å². The van der Waals surface area contributed by atoms with Crippen LogP contribution in [-0.2, 0) is 11.6 Å². The van der Waals surface area contributed by atoms with Crippen molar-refractivity contribution in [3.05, 3.63) is 70.8 Å². The fraction of sp³-hybridized carbons (Fsp3) is 0.238. The molecule has 2 heterocycles. The van der Waals surface area contributed by atoms with Gasteiger partial charge in [0.1, 0.15) is 0 Å². The molecule has 0 saturated heterocycles. The molecular weight excluding hydrogens is 436 g/mol. The molecule has 0 fully saturated rings. The van der Waals surface area contributed by atoms with E-state index in [0.29, 0.717) is 41.9 Å². The largest absolute Gasteiger partial charge is 0.335 e. The molecule has 2 aliphatic heterocycles. The highest BCUT2D eigenvalue weighted by Crippen LogP contribution is 2.22. The Balaban J connectivity index is 0.000000203. The third-order valence-electron chi connectivity index (χ3n) is 4.69. The molecule has 4 rings (SSSR count). The molecule has 0 unspecified atom stereocenters. The summed E-state index contributed by atoms with van der Waals surface area (Å²) in [6, 6.07) is 13.7. The summed E-state index contributed by atoms with van der Waals surface area (Å²) in [7, 11) is 1.79. The molecule has 0 aromatic heterocycles. The van der Waals surface area contributed by atoms with Gasteiger partial charge in [0, 0.05) is 26.2 Å². The first-order valence-corrected chi connectivity index (χ1v) is 10.3. The number of carbonyl (C=O) groups is 4. The quantitative estimate of drug-likeness (QED) is 0.599. The number of nitrogens with two attached hydrogens (primary N) is 1. The monoisotopic (exact) mass is 458 g/mol. The second-order valence-electron chi connectivity index (χ2n) is 6.58. The van der Waals surface area contributed by atoms with E-state index in [2.05, 4.69) is 5.32 Å². The Bertz CT molecular complexity index is 998. The van der Waals surface area contributed by atoms with E-state index in [1.807, 2.05) is 0 Å². The van der Waals surface area contributed by atoms with Crippen molar-refractivity contribution in [1.82, 2.24) is 15.1 Å². The zero-order valence-electron chi connectivity index (χ0n) is 17.3. The zero-order chi connectivity index (χ0) is 23.7. The molecule has 11 heteroatoms. The fourth-order valence-corrected chi connectivity index (χ4v) is 3.24. The number of nitrogens with one attached hydrogen (secondary N) is 1. The molecule has 0 bridgehead atoms. The average molecular weight is 458 g/mol. The Labute approximate surface area is 188 Å². The summed E-state index contributed by atoms with van der Waals surface area (Å²) in [5.74, 6) is -0.858. The van der Waals surface area contributed by atoms with E-state index in [0.717, 1.165) is 0 Å². The maximum absolute atomic E-state index is 11.8. The minimum Gasteiger partial charge on any atom is -0.329 e. The molecule has 32 heavy (non-hydrogen) atoms. The number of hydrogen-bond acceptors (Lipinski definition) is 8. The van der Waals surface area contributed by atoms with Crippen molar-refractivity contribution in [1.29, 1.82) is 0 Å². The third kappa shape index (κ3) is 5.19. The fourth-order valence-electron chi connectivity index (χ4n) is 3.24. The molecule has 168 valence electrons. The molecule has 2 aliphatic rings. The van der Waals surface area contributed by atoms with Crippen LogP contribution in [0.25, 0.3) is 0 Å². The second-order valence-corrected chi connectivity index (χ2v) is 6.71. The normalized spacial score (nSPS) is 13.7. The Kier molecular flexibility index (Phi) is 9.08. The second kappa shape index (κ2) is 11.7. The van der Waals surface area contributed by atoms with Crippen molar-refractivity contribution in [2.75, 3.05) is 33.2 Å². The van der Waals surface area contributed by atoms with Crippen LogP contribution in [0.3, 0.4) is 0 Å². The van der Waals surface area contributed by atoms with Crippen LogP contribution < -0.4 is 11.1 Å². The molecule has 2 aromatic carbocycles. The van der Waals surface area contributed by atoms with Gasteiger partial charge < -0.3 is 11.1 Å². The van der Waals surface area contributed by atoms with Gasteiger partial charge in [-0.1, -0.05) is 24.3 Å². The number of likely N-dealkylation sites (N-methyl/N-ethyl adjacent to an activating group) is 1. The Morgan fingerprint density at radius 1 is 0.719 bits per heavy atom. The van der Waals surface area contributed by atoms with Crippen molar-refractivity contribution in [2.45, 2.75) is 0 Å². The van der Waals surface area contributed by atoms with Gasteiger partial charge in [0.05, 0.1) is 22.3 Å². The van der Waals surface area contributed by atoms with Crippen LogP contribution in [-0.4, -0.2) is 75.1 Å². The van der Waals surface area contributed by atoms with E-state index in [9.17, 15) is 19.2 Å². The highest BCUT2D eigenvalue weighted by atomic mass is 32.1. The van der Waals surface area contributed by atoms with Crippen LogP contribution in [0.5, 0.6) is 0 Å². The predicted molar refractivity (Wildman–Crippen MR) is 116 cm³/mol. The number of rotatable bonds is 5. The van der Waals surface area contributed by atoms with Gasteiger partial charge in [-0.2, -0.15) is 8.42 Å². The zero-order valence-corrected chi connectivity index (χ0v) is 18.1. The summed E-state index contributed by atoms with van der Waals surface area (Å²) in [6.07, 6.45) is 0. The lowest BCUT2D eigenvalue weighted by atomic mass is 10.1.